The molecular weight excluding hydrogens is 614 g/mol. The summed E-state index contributed by atoms with van der Waals surface area (Å²) in [6, 6.07) is -1.43. The van der Waals surface area contributed by atoms with E-state index in [0.29, 0.717) is 27.8 Å². The number of anilines is 1. The lowest BCUT2D eigenvalue weighted by Gasteiger charge is -2.20. The zero-order valence-electron chi connectivity index (χ0n) is 20.9. The highest BCUT2D eigenvalue weighted by molar-refractivity contribution is 7.17. The Bertz CT molecular complexity index is 1380. The number of thiophene rings is 1. The molecule has 1 aromatic heterocycles. The number of amides is 3. The van der Waals surface area contributed by atoms with Crippen molar-refractivity contribution in [2.45, 2.75) is 46.1 Å². The van der Waals surface area contributed by atoms with E-state index in [4.69, 9.17) is 55.9 Å². The van der Waals surface area contributed by atoms with Crippen LogP contribution in [-0.4, -0.2) is 53.8 Å². The van der Waals surface area contributed by atoms with Crippen LogP contribution in [-0.2, 0) is 31.9 Å². The Balaban J connectivity index is 1.46. The molecule has 1 N–H and O–H groups in total. The Morgan fingerprint density at radius 1 is 1.03 bits per heavy atom. The number of benzene rings is 1. The fourth-order valence-electron chi connectivity index (χ4n) is 4.50. The summed E-state index contributed by atoms with van der Waals surface area (Å²) in [6.45, 7) is 4.50. The fraction of sp³-hybridized carbons (Fsp3) is 0.400. The molecule has 39 heavy (non-hydrogen) atoms. The number of imide groups is 1. The maximum Gasteiger partial charge on any atom is 0.341 e. The van der Waals surface area contributed by atoms with E-state index in [1.165, 1.54) is 18.3 Å². The normalized spacial score (nSPS) is 17.0. The van der Waals surface area contributed by atoms with Crippen LogP contribution in [0, 0.1) is 5.92 Å². The summed E-state index contributed by atoms with van der Waals surface area (Å²) < 4.78 is 10.3. The Kier molecular flexibility index (Phi) is 8.82. The number of rotatable bonds is 7. The van der Waals surface area contributed by atoms with Crippen LogP contribution in [0.25, 0.3) is 0 Å². The molecule has 2 aliphatic rings. The van der Waals surface area contributed by atoms with Crippen molar-refractivity contribution in [3.8, 4) is 0 Å². The van der Waals surface area contributed by atoms with Gasteiger partial charge in [0.2, 0.25) is 0 Å². The minimum absolute atomic E-state index is 0.176. The van der Waals surface area contributed by atoms with Crippen LogP contribution < -0.4 is 5.32 Å². The lowest BCUT2D eigenvalue weighted by atomic mass is 9.88. The lowest BCUT2D eigenvalue weighted by Crippen LogP contribution is -2.44. The Morgan fingerprint density at radius 2 is 1.62 bits per heavy atom. The largest absolute Gasteiger partial charge is 0.462 e. The van der Waals surface area contributed by atoms with Crippen molar-refractivity contribution in [1.29, 1.82) is 0 Å². The van der Waals surface area contributed by atoms with Gasteiger partial charge < -0.3 is 14.8 Å². The van der Waals surface area contributed by atoms with Crippen LogP contribution >= 0.6 is 57.7 Å². The average Bonchev–Trinajstić information content (AvgIpc) is 3.37. The molecule has 2 atom stereocenters. The van der Waals surface area contributed by atoms with E-state index < -0.39 is 42.3 Å². The standard InChI is InChI=1S/C25H22Cl4N2O7S/c1-4-37-25(36)14-11-6-5-9(2)7-12(11)39-21(14)30-13(32)8-38-24(35)10(3)31-22(33)15-16(23(31)34)18(27)20(29)19(28)17(15)26/h9-10H,4-8H2,1-3H3,(H,30,32). The molecule has 0 bridgehead atoms. The topological polar surface area (TPSA) is 119 Å². The first-order chi connectivity index (χ1) is 18.4. The van der Waals surface area contributed by atoms with Gasteiger partial charge in [0.05, 0.1) is 43.4 Å². The van der Waals surface area contributed by atoms with Gasteiger partial charge in [0.1, 0.15) is 11.0 Å². The van der Waals surface area contributed by atoms with E-state index in [9.17, 15) is 24.0 Å². The van der Waals surface area contributed by atoms with E-state index >= 15 is 0 Å². The fourth-order valence-corrected chi connectivity index (χ4v) is 6.93. The molecule has 0 spiro atoms. The van der Waals surface area contributed by atoms with Crippen LogP contribution in [0.4, 0.5) is 5.00 Å². The number of hydrogen-bond donors (Lipinski definition) is 1. The van der Waals surface area contributed by atoms with Crippen LogP contribution in [0.1, 0.15) is 68.7 Å². The highest BCUT2D eigenvalue weighted by Crippen LogP contribution is 2.45. The second-order valence-electron chi connectivity index (χ2n) is 9.09. The minimum atomic E-state index is -1.43. The molecule has 0 saturated carbocycles. The van der Waals surface area contributed by atoms with Gasteiger partial charge in [-0.15, -0.1) is 11.3 Å². The van der Waals surface area contributed by atoms with E-state index in [-0.39, 0.29) is 37.8 Å². The van der Waals surface area contributed by atoms with E-state index in [1.807, 2.05) is 0 Å². The number of nitrogens with one attached hydrogen (secondary N) is 1. The number of esters is 2. The first-order valence-corrected chi connectivity index (χ1v) is 14.2. The number of fused-ring (bicyclic) bond motifs is 2. The summed E-state index contributed by atoms with van der Waals surface area (Å²) in [6.07, 6.45) is 2.37. The summed E-state index contributed by atoms with van der Waals surface area (Å²) in [5, 5.41) is 2.00. The third-order valence-electron chi connectivity index (χ3n) is 6.45. The number of carbonyl (C=O) groups excluding carboxylic acids is 5. The number of hydrogen-bond acceptors (Lipinski definition) is 8. The van der Waals surface area contributed by atoms with Gasteiger partial charge in [-0.1, -0.05) is 53.3 Å². The molecule has 208 valence electrons. The summed E-state index contributed by atoms with van der Waals surface area (Å²) in [4.78, 5) is 65.7. The van der Waals surface area contributed by atoms with Gasteiger partial charge in [0.25, 0.3) is 17.7 Å². The summed E-state index contributed by atoms with van der Waals surface area (Å²) in [5.41, 5.74) is 0.622. The molecule has 1 aliphatic carbocycles. The van der Waals surface area contributed by atoms with Gasteiger partial charge >= 0.3 is 11.9 Å². The molecule has 2 unspecified atom stereocenters. The minimum Gasteiger partial charge on any atom is -0.462 e. The van der Waals surface area contributed by atoms with Crippen molar-refractivity contribution in [1.82, 2.24) is 4.90 Å². The van der Waals surface area contributed by atoms with E-state index in [1.54, 1.807) is 6.92 Å². The molecule has 2 heterocycles. The predicted octanol–water partition coefficient (Wildman–Crippen LogP) is 5.83. The van der Waals surface area contributed by atoms with Crippen molar-refractivity contribution in [2.24, 2.45) is 5.92 Å². The molecule has 9 nitrogen and oxygen atoms in total. The summed E-state index contributed by atoms with van der Waals surface area (Å²) in [5.74, 6) is -3.66. The number of halogens is 4. The number of nitrogens with zero attached hydrogens (tertiary/aromatic N) is 1. The SMILES string of the molecule is CCOC(=O)c1c(NC(=O)COC(=O)C(C)N2C(=O)c3c(Cl)c(Cl)c(Cl)c(Cl)c3C2=O)sc2c1CCC(C)C2. The average molecular weight is 636 g/mol. The zero-order valence-corrected chi connectivity index (χ0v) is 24.8. The Morgan fingerprint density at radius 3 is 2.18 bits per heavy atom. The lowest BCUT2D eigenvalue weighted by molar-refractivity contribution is -0.150. The molecule has 2 aromatic rings. The predicted molar refractivity (Wildman–Crippen MR) is 147 cm³/mol. The molecule has 4 rings (SSSR count). The summed E-state index contributed by atoms with van der Waals surface area (Å²) in [7, 11) is 0. The Labute approximate surface area is 247 Å². The van der Waals surface area contributed by atoms with Gasteiger partial charge in [0, 0.05) is 4.88 Å². The maximum atomic E-state index is 13.0. The molecule has 0 saturated heterocycles. The van der Waals surface area contributed by atoms with Crippen molar-refractivity contribution in [3.63, 3.8) is 0 Å². The molecule has 3 amide bonds. The molecule has 0 fully saturated rings. The molecule has 14 heteroatoms. The van der Waals surface area contributed by atoms with E-state index in [2.05, 4.69) is 12.2 Å². The van der Waals surface area contributed by atoms with Gasteiger partial charge in [-0.2, -0.15) is 0 Å². The smallest absolute Gasteiger partial charge is 0.341 e. The van der Waals surface area contributed by atoms with Gasteiger partial charge in [-0.3, -0.25) is 19.3 Å². The van der Waals surface area contributed by atoms with Crippen molar-refractivity contribution in [3.05, 3.63) is 47.2 Å². The molecule has 1 aromatic carbocycles. The third kappa shape index (κ3) is 5.37. The number of carbonyl (C=O) groups is 5. The third-order valence-corrected chi connectivity index (χ3v) is 9.42. The second-order valence-corrected chi connectivity index (χ2v) is 11.7. The van der Waals surface area contributed by atoms with Crippen LogP contribution in [0.15, 0.2) is 0 Å². The molecule has 0 radical (unpaired) electrons. The van der Waals surface area contributed by atoms with Gasteiger partial charge in [-0.05, 0) is 44.6 Å². The summed E-state index contributed by atoms with van der Waals surface area (Å²) >= 11 is 25.6. The van der Waals surface area contributed by atoms with Crippen LogP contribution in [0.2, 0.25) is 20.1 Å². The molecular formula is C25H22Cl4N2O7S. The Hall–Kier alpha value is -2.37. The van der Waals surface area contributed by atoms with Crippen LogP contribution in [0.5, 0.6) is 0 Å². The van der Waals surface area contributed by atoms with Gasteiger partial charge in [0.15, 0.2) is 6.61 Å². The van der Waals surface area contributed by atoms with Gasteiger partial charge in [-0.25, -0.2) is 9.59 Å². The van der Waals surface area contributed by atoms with Crippen molar-refractivity contribution >= 4 is 92.4 Å². The highest BCUT2D eigenvalue weighted by Gasteiger charge is 2.46. The number of ether oxygens (including phenoxy) is 2. The zero-order chi connectivity index (χ0) is 28.8. The second kappa shape index (κ2) is 11.6. The molecule has 1 aliphatic heterocycles. The first kappa shape index (κ1) is 29.6. The maximum absolute atomic E-state index is 13.0. The highest BCUT2D eigenvalue weighted by atomic mass is 35.5. The first-order valence-electron chi connectivity index (χ1n) is 11.9. The van der Waals surface area contributed by atoms with Crippen molar-refractivity contribution in [2.75, 3.05) is 18.5 Å². The van der Waals surface area contributed by atoms with Crippen LogP contribution in [0.3, 0.4) is 0 Å². The van der Waals surface area contributed by atoms with Crippen molar-refractivity contribution < 1.29 is 33.4 Å². The van der Waals surface area contributed by atoms with E-state index in [0.717, 1.165) is 23.3 Å². The quantitative estimate of drug-likeness (QED) is 0.176. The monoisotopic (exact) mass is 634 g/mol.